The average Bonchev–Trinajstić information content (AvgIpc) is 2.38. The number of nitrogens with one attached hydrogen (secondary N) is 1. The number of benzene rings is 2. The molecule has 2 aromatic rings. The molecule has 0 heterocycles. The highest BCUT2D eigenvalue weighted by molar-refractivity contribution is 7.89. The van der Waals surface area contributed by atoms with Gasteiger partial charge in [0.1, 0.15) is 10.7 Å². The van der Waals surface area contributed by atoms with Gasteiger partial charge in [0.2, 0.25) is 10.0 Å². The van der Waals surface area contributed by atoms with Crippen molar-refractivity contribution >= 4 is 21.6 Å². The van der Waals surface area contributed by atoms with Gasteiger partial charge in [-0.25, -0.2) is 17.9 Å². The zero-order chi connectivity index (χ0) is 14.8. The molecule has 2 aromatic carbocycles. The molecule has 0 saturated carbocycles. The van der Waals surface area contributed by atoms with Crippen LogP contribution in [0.15, 0.2) is 53.4 Å². The summed E-state index contributed by atoms with van der Waals surface area (Å²) in [5.41, 5.74) is 0.548. The number of anilines is 1. The van der Waals surface area contributed by atoms with Gasteiger partial charge in [-0.15, -0.1) is 0 Å². The Labute approximate surface area is 115 Å². The first-order valence-corrected chi connectivity index (χ1v) is 7.11. The number of hydrogen-bond donors (Lipinski definition) is 2. The van der Waals surface area contributed by atoms with Crippen molar-refractivity contribution in [3.63, 3.8) is 0 Å². The Kier molecular flexibility index (Phi) is 3.82. The minimum Gasteiger partial charge on any atom is -0.322 e. The third-order valence-corrected chi connectivity index (χ3v) is 3.48. The van der Waals surface area contributed by atoms with Gasteiger partial charge in [0.15, 0.2) is 0 Å². The zero-order valence-corrected chi connectivity index (χ0v) is 11.0. The summed E-state index contributed by atoms with van der Waals surface area (Å²) in [6.07, 6.45) is 0. The standard InChI is InChI=1S/C13H11FN2O3S/c14-11-8-10(6-7-12(11)20(15,18)19)16-13(17)9-4-2-1-3-5-9/h1-8H,(H,16,17)(H2,15,18,19). The fourth-order valence-corrected chi connectivity index (χ4v) is 2.19. The molecule has 0 saturated heterocycles. The summed E-state index contributed by atoms with van der Waals surface area (Å²) >= 11 is 0. The highest BCUT2D eigenvalue weighted by Crippen LogP contribution is 2.18. The molecule has 2 rings (SSSR count). The molecule has 7 heteroatoms. The van der Waals surface area contributed by atoms with E-state index in [9.17, 15) is 17.6 Å². The minimum absolute atomic E-state index is 0.142. The van der Waals surface area contributed by atoms with Crippen LogP contribution in [0.3, 0.4) is 0 Å². The van der Waals surface area contributed by atoms with Crippen molar-refractivity contribution in [3.05, 3.63) is 59.9 Å². The van der Waals surface area contributed by atoms with Gasteiger partial charge in [-0.3, -0.25) is 4.79 Å². The Morgan fingerprint density at radius 3 is 2.30 bits per heavy atom. The first-order valence-electron chi connectivity index (χ1n) is 5.56. The lowest BCUT2D eigenvalue weighted by atomic mass is 10.2. The minimum atomic E-state index is -4.12. The number of hydrogen-bond acceptors (Lipinski definition) is 3. The summed E-state index contributed by atoms with van der Waals surface area (Å²) in [5.74, 6) is -1.44. The molecule has 0 fully saturated rings. The summed E-state index contributed by atoms with van der Waals surface area (Å²) in [6.45, 7) is 0. The van der Waals surface area contributed by atoms with Crippen LogP contribution in [-0.4, -0.2) is 14.3 Å². The van der Waals surface area contributed by atoms with Crippen molar-refractivity contribution < 1.29 is 17.6 Å². The van der Waals surface area contributed by atoms with Crippen molar-refractivity contribution in [1.82, 2.24) is 0 Å². The number of halogens is 1. The maximum Gasteiger partial charge on any atom is 0.255 e. The molecule has 0 aliphatic heterocycles. The molecule has 0 aliphatic carbocycles. The number of amides is 1. The normalized spacial score (nSPS) is 11.1. The maximum atomic E-state index is 13.6. The molecule has 104 valence electrons. The fourth-order valence-electron chi connectivity index (χ4n) is 1.60. The lowest BCUT2D eigenvalue weighted by molar-refractivity contribution is 0.102. The van der Waals surface area contributed by atoms with Crippen LogP contribution in [0.4, 0.5) is 10.1 Å². The van der Waals surface area contributed by atoms with Crippen LogP contribution in [0, 0.1) is 5.82 Å². The van der Waals surface area contributed by atoms with Gasteiger partial charge in [0.05, 0.1) is 0 Å². The van der Waals surface area contributed by atoms with E-state index in [0.717, 1.165) is 12.1 Å². The van der Waals surface area contributed by atoms with E-state index < -0.39 is 26.6 Å². The molecule has 0 bridgehead atoms. The molecule has 1 amide bonds. The molecule has 0 spiro atoms. The number of primary sulfonamides is 1. The van der Waals surface area contributed by atoms with E-state index >= 15 is 0 Å². The fraction of sp³-hybridized carbons (Fsp3) is 0. The number of carbonyl (C=O) groups excluding carboxylic acids is 1. The Bertz CT molecular complexity index is 745. The molecule has 0 aliphatic rings. The molecule has 0 aromatic heterocycles. The van der Waals surface area contributed by atoms with Crippen LogP contribution in [0.2, 0.25) is 0 Å². The molecular weight excluding hydrogens is 283 g/mol. The van der Waals surface area contributed by atoms with Crippen LogP contribution in [-0.2, 0) is 10.0 Å². The highest BCUT2D eigenvalue weighted by Gasteiger charge is 2.15. The highest BCUT2D eigenvalue weighted by atomic mass is 32.2. The third-order valence-electron chi connectivity index (χ3n) is 2.53. The van der Waals surface area contributed by atoms with E-state index in [1.54, 1.807) is 30.3 Å². The van der Waals surface area contributed by atoms with E-state index in [0.29, 0.717) is 5.56 Å². The summed E-state index contributed by atoms with van der Waals surface area (Å²) in [7, 11) is -4.12. The first-order chi connectivity index (χ1) is 9.38. The van der Waals surface area contributed by atoms with Crippen molar-refractivity contribution in [1.29, 1.82) is 0 Å². The van der Waals surface area contributed by atoms with Crippen LogP contribution in [0.5, 0.6) is 0 Å². The smallest absolute Gasteiger partial charge is 0.255 e. The molecular formula is C13H11FN2O3S. The zero-order valence-electron chi connectivity index (χ0n) is 10.2. The van der Waals surface area contributed by atoms with Crippen molar-refractivity contribution in [2.45, 2.75) is 4.90 Å². The van der Waals surface area contributed by atoms with Gasteiger partial charge >= 0.3 is 0 Å². The molecule has 0 radical (unpaired) electrons. The number of rotatable bonds is 3. The summed E-state index contributed by atoms with van der Waals surface area (Å²) in [4.78, 5) is 11.2. The van der Waals surface area contributed by atoms with E-state index in [4.69, 9.17) is 5.14 Å². The largest absolute Gasteiger partial charge is 0.322 e. The van der Waals surface area contributed by atoms with Gasteiger partial charge < -0.3 is 5.32 Å². The van der Waals surface area contributed by atoms with Crippen molar-refractivity contribution in [2.75, 3.05) is 5.32 Å². The van der Waals surface area contributed by atoms with Crippen molar-refractivity contribution in [3.8, 4) is 0 Å². The topological polar surface area (TPSA) is 89.3 Å². The lowest BCUT2D eigenvalue weighted by Gasteiger charge is -2.07. The second kappa shape index (κ2) is 5.40. The summed E-state index contributed by atoms with van der Waals surface area (Å²) in [6, 6.07) is 11.5. The van der Waals surface area contributed by atoms with E-state index in [-0.39, 0.29) is 5.69 Å². The van der Waals surface area contributed by atoms with Crippen molar-refractivity contribution in [2.24, 2.45) is 5.14 Å². The number of sulfonamides is 1. The van der Waals surface area contributed by atoms with Crippen LogP contribution in [0.1, 0.15) is 10.4 Å². The van der Waals surface area contributed by atoms with Gasteiger partial charge in [-0.2, -0.15) is 0 Å². The molecule has 20 heavy (non-hydrogen) atoms. The Balaban J connectivity index is 2.24. The van der Waals surface area contributed by atoms with Crippen LogP contribution < -0.4 is 10.5 Å². The monoisotopic (exact) mass is 294 g/mol. The van der Waals surface area contributed by atoms with Crippen LogP contribution in [0.25, 0.3) is 0 Å². The Morgan fingerprint density at radius 1 is 1.10 bits per heavy atom. The summed E-state index contributed by atoms with van der Waals surface area (Å²) < 4.78 is 35.7. The van der Waals surface area contributed by atoms with Crippen LogP contribution >= 0.6 is 0 Å². The van der Waals surface area contributed by atoms with Gasteiger partial charge in [0, 0.05) is 11.3 Å². The SMILES string of the molecule is NS(=O)(=O)c1ccc(NC(=O)c2ccccc2)cc1F. The predicted octanol–water partition coefficient (Wildman–Crippen LogP) is 1.73. The third kappa shape index (κ3) is 3.19. The summed E-state index contributed by atoms with van der Waals surface area (Å²) in [5, 5.41) is 7.31. The molecule has 5 nitrogen and oxygen atoms in total. The maximum absolute atomic E-state index is 13.6. The second-order valence-electron chi connectivity index (χ2n) is 4.01. The second-order valence-corrected chi connectivity index (χ2v) is 5.54. The Morgan fingerprint density at radius 2 is 1.75 bits per heavy atom. The average molecular weight is 294 g/mol. The van der Waals surface area contributed by atoms with Gasteiger partial charge in [0.25, 0.3) is 5.91 Å². The quantitative estimate of drug-likeness (QED) is 0.903. The predicted molar refractivity (Wildman–Crippen MR) is 72.2 cm³/mol. The lowest BCUT2D eigenvalue weighted by Crippen LogP contribution is -2.15. The molecule has 3 N–H and O–H groups in total. The van der Waals surface area contributed by atoms with E-state index in [1.165, 1.54) is 6.07 Å². The first kappa shape index (κ1) is 14.2. The molecule has 0 atom stereocenters. The molecule has 0 unspecified atom stereocenters. The van der Waals surface area contributed by atoms with E-state index in [2.05, 4.69) is 5.32 Å². The van der Waals surface area contributed by atoms with Gasteiger partial charge in [-0.1, -0.05) is 18.2 Å². The van der Waals surface area contributed by atoms with E-state index in [1.807, 2.05) is 0 Å². The Hall–Kier alpha value is -2.25. The number of carbonyl (C=O) groups is 1. The number of nitrogens with two attached hydrogens (primary N) is 1. The van der Waals surface area contributed by atoms with Gasteiger partial charge in [-0.05, 0) is 30.3 Å².